The first-order valence-corrected chi connectivity index (χ1v) is 9.65. The van der Waals surface area contributed by atoms with Gasteiger partial charge in [-0.3, -0.25) is 9.59 Å². The number of benzene rings is 1. The van der Waals surface area contributed by atoms with Crippen LogP contribution in [0, 0.1) is 0 Å². The third-order valence-corrected chi connectivity index (χ3v) is 4.89. The molecule has 0 radical (unpaired) electrons. The van der Waals surface area contributed by atoms with Crippen LogP contribution >= 0.6 is 0 Å². The van der Waals surface area contributed by atoms with Crippen LogP contribution < -0.4 is 5.32 Å². The molecule has 0 aromatic heterocycles. The molecular weight excluding hydrogens is 348 g/mol. The van der Waals surface area contributed by atoms with E-state index in [-0.39, 0.29) is 17.9 Å². The van der Waals surface area contributed by atoms with Crippen molar-refractivity contribution in [3.8, 4) is 0 Å². The average Bonchev–Trinajstić information content (AvgIpc) is 2.73. The lowest BCUT2D eigenvalue weighted by Crippen LogP contribution is -2.41. The number of anilines is 1. The Kier molecular flexibility index (Phi) is 7.20. The van der Waals surface area contributed by atoms with Gasteiger partial charge < -0.3 is 24.4 Å². The van der Waals surface area contributed by atoms with E-state index in [2.05, 4.69) is 5.32 Å². The van der Waals surface area contributed by atoms with Crippen molar-refractivity contribution < 1.29 is 23.8 Å². The fourth-order valence-corrected chi connectivity index (χ4v) is 3.22. The molecule has 2 aliphatic rings. The van der Waals surface area contributed by atoms with E-state index in [1.807, 2.05) is 0 Å². The summed E-state index contributed by atoms with van der Waals surface area (Å²) in [5, 5.41) is 2.83. The number of rotatable bonds is 6. The quantitative estimate of drug-likeness (QED) is 0.822. The minimum Gasteiger partial charge on any atom is -0.378 e. The highest BCUT2D eigenvalue weighted by molar-refractivity contribution is 6.04. The fraction of sp³-hybridized carbons (Fsp3) is 0.600. The fourth-order valence-electron chi connectivity index (χ4n) is 3.22. The molecule has 7 nitrogen and oxygen atoms in total. The summed E-state index contributed by atoms with van der Waals surface area (Å²) in [4.78, 5) is 27.0. The van der Waals surface area contributed by atoms with Crippen LogP contribution in [0.15, 0.2) is 24.3 Å². The molecule has 0 spiro atoms. The number of hydrogen-bond donors (Lipinski definition) is 1. The third kappa shape index (κ3) is 5.51. The van der Waals surface area contributed by atoms with Crippen molar-refractivity contribution in [3.63, 3.8) is 0 Å². The first-order valence-electron chi connectivity index (χ1n) is 9.65. The van der Waals surface area contributed by atoms with Crippen molar-refractivity contribution in [2.45, 2.75) is 38.4 Å². The molecule has 2 aliphatic heterocycles. The molecular formula is C20H28N2O5. The summed E-state index contributed by atoms with van der Waals surface area (Å²) in [6.45, 7) is 5.06. The zero-order chi connectivity index (χ0) is 19.1. The number of carbonyl (C=O) groups excluding carboxylic acids is 2. The number of nitrogens with one attached hydrogen (secondary N) is 1. The molecule has 2 heterocycles. The van der Waals surface area contributed by atoms with Gasteiger partial charge in [-0.2, -0.15) is 0 Å². The molecule has 2 amide bonds. The Hall–Kier alpha value is -1.96. The Bertz CT molecular complexity index is 639. The molecule has 7 heteroatoms. The molecule has 2 atom stereocenters. The number of hydrogen-bond acceptors (Lipinski definition) is 5. The molecule has 0 aliphatic carbocycles. The summed E-state index contributed by atoms with van der Waals surface area (Å²) in [6, 6.07) is 7.06. The van der Waals surface area contributed by atoms with Gasteiger partial charge in [0.1, 0.15) is 6.10 Å². The van der Waals surface area contributed by atoms with Crippen LogP contribution in [0.1, 0.15) is 36.5 Å². The van der Waals surface area contributed by atoms with Crippen LogP contribution in [-0.4, -0.2) is 68.4 Å². The molecule has 27 heavy (non-hydrogen) atoms. The highest BCUT2D eigenvalue weighted by Gasteiger charge is 2.23. The number of nitrogens with zero attached hydrogens (tertiary/aromatic N) is 1. The normalized spacial score (nSPS) is 21.5. The molecule has 2 saturated heterocycles. The molecule has 2 fully saturated rings. The maximum Gasteiger partial charge on any atom is 0.256 e. The SMILES string of the molecule is CC(OCC1CCCCO1)C(=O)Nc1ccccc1C(=O)N1CCOCC1. The standard InChI is InChI=1S/C20H28N2O5/c1-15(27-14-16-6-4-5-11-26-16)19(23)21-18-8-3-2-7-17(18)20(24)22-9-12-25-13-10-22/h2-3,7-8,15-16H,4-6,9-14H2,1H3,(H,21,23). The van der Waals surface area contributed by atoms with E-state index in [1.165, 1.54) is 0 Å². The average molecular weight is 376 g/mol. The summed E-state index contributed by atoms with van der Waals surface area (Å²) >= 11 is 0. The Morgan fingerprint density at radius 3 is 2.74 bits per heavy atom. The van der Waals surface area contributed by atoms with Crippen LogP contribution in [-0.2, 0) is 19.0 Å². The van der Waals surface area contributed by atoms with Crippen LogP contribution in [0.25, 0.3) is 0 Å². The monoisotopic (exact) mass is 376 g/mol. The van der Waals surface area contributed by atoms with E-state index in [4.69, 9.17) is 14.2 Å². The first kappa shape index (κ1) is 19.8. The second-order valence-electron chi connectivity index (χ2n) is 6.90. The van der Waals surface area contributed by atoms with Crippen molar-refractivity contribution in [1.29, 1.82) is 0 Å². The second kappa shape index (κ2) is 9.82. The predicted molar refractivity (Wildman–Crippen MR) is 101 cm³/mol. The maximum atomic E-state index is 12.8. The Balaban J connectivity index is 1.57. The van der Waals surface area contributed by atoms with Crippen LogP contribution in [0.4, 0.5) is 5.69 Å². The van der Waals surface area contributed by atoms with Gasteiger partial charge in [0.25, 0.3) is 11.8 Å². The largest absolute Gasteiger partial charge is 0.378 e. The lowest BCUT2D eigenvalue weighted by Gasteiger charge is -2.27. The van der Waals surface area contributed by atoms with Crippen LogP contribution in [0.5, 0.6) is 0 Å². The van der Waals surface area contributed by atoms with Gasteiger partial charge in [0, 0.05) is 19.7 Å². The predicted octanol–water partition coefficient (Wildman–Crippen LogP) is 2.07. The van der Waals surface area contributed by atoms with Crippen molar-refractivity contribution in [2.24, 2.45) is 0 Å². The highest BCUT2D eigenvalue weighted by atomic mass is 16.5. The summed E-state index contributed by atoms with van der Waals surface area (Å²) < 4.78 is 16.6. The highest BCUT2D eigenvalue weighted by Crippen LogP contribution is 2.19. The van der Waals surface area contributed by atoms with E-state index in [1.54, 1.807) is 36.1 Å². The van der Waals surface area contributed by atoms with Gasteiger partial charge >= 0.3 is 0 Å². The molecule has 1 aromatic carbocycles. The maximum absolute atomic E-state index is 12.8. The molecule has 148 valence electrons. The number of morpholine rings is 1. The molecule has 1 N–H and O–H groups in total. The van der Waals surface area contributed by atoms with E-state index in [9.17, 15) is 9.59 Å². The van der Waals surface area contributed by atoms with Crippen LogP contribution in [0.2, 0.25) is 0 Å². The minimum absolute atomic E-state index is 0.0594. The number of ether oxygens (including phenoxy) is 3. The van der Waals surface area contributed by atoms with E-state index < -0.39 is 6.10 Å². The van der Waals surface area contributed by atoms with Crippen molar-refractivity contribution in [1.82, 2.24) is 4.90 Å². The van der Waals surface area contributed by atoms with Crippen molar-refractivity contribution in [3.05, 3.63) is 29.8 Å². The Morgan fingerprint density at radius 2 is 2.00 bits per heavy atom. The molecule has 0 bridgehead atoms. The van der Waals surface area contributed by atoms with Crippen molar-refractivity contribution in [2.75, 3.05) is 44.8 Å². The van der Waals surface area contributed by atoms with E-state index in [0.717, 1.165) is 25.9 Å². The third-order valence-electron chi connectivity index (χ3n) is 4.89. The van der Waals surface area contributed by atoms with Crippen LogP contribution in [0.3, 0.4) is 0 Å². The molecule has 0 saturated carbocycles. The minimum atomic E-state index is -0.623. The summed E-state index contributed by atoms with van der Waals surface area (Å²) in [7, 11) is 0. The lowest BCUT2D eigenvalue weighted by atomic mass is 10.1. The van der Waals surface area contributed by atoms with E-state index in [0.29, 0.717) is 44.2 Å². The van der Waals surface area contributed by atoms with Gasteiger partial charge in [-0.05, 0) is 38.3 Å². The molecule has 3 rings (SSSR count). The smallest absolute Gasteiger partial charge is 0.256 e. The topological polar surface area (TPSA) is 77.1 Å². The summed E-state index contributed by atoms with van der Waals surface area (Å²) in [5.41, 5.74) is 0.985. The van der Waals surface area contributed by atoms with Gasteiger partial charge in [-0.25, -0.2) is 0 Å². The first-order chi connectivity index (χ1) is 13.1. The van der Waals surface area contributed by atoms with Gasteiger partial charge in [-0.15, -0.1) is 0 Å². The Morgan fingerprint density at radius 1 is 1.22 bits per heavy atom. The summed E-state index contributed by atoms with van der Waals surface area (Å²) in [5.74, 6) is -0.369. The Labute approximate surface area is 160 Å². The number of para-hydroxylation sites is 1. The number of amides is 2. The van der Waals surface area contributed by atoms with Gasteiger partial charge in [0.2, 0.25) is 0 Å². The summed E-state index contributed by atoms with van der Waals surface area (Å²) in [6.07, 6.45) is 2.61. The van der Waals surface area contributed by atoms with Gasteiger partial charge in [0.05, 0.1) is 37.2 Å². The zero-order valence-corrected chi connectivity index (χ0v) is 15.8. The lowest BCUT2D eigenvalue weighted by molar-refractivity contribution is -0.130. The zero-order valence-electron chi connectivity index (χ0n) is 15.8. The molecule has 2 unspecified atom stereocenters. The van der Waals surface area contributed by atoms with E-state index >= 15 is 0 Å². The second-order valence-corrected chi connectivity index (χ2v) is 6.90. The van der Waals surface area contributed by atoms with Crippen molar-refractivity contribution >= 4 is 17.5 Å². The number of carbonyl (C=O) groups is 2. The molecule has 1 aromatic rings. The van der Waals surface area contributed by atoms with Gasteiger partial charge in [0.15, 0.2) is 0 Å². The van der Waals surface area contributed by atoms with Gasteiger partial charge in [-0.1, -0.05) is 12.1 Å².